The first-order chi connectivity index (χ1) is 11.4. The summed E-state index contributed by atoms with van der Waals surface area (Å²) in [6.45, 7) is 0. The second-order valence-electron chi connectivity index (χ2n) is 6.81. The molecular weight excluding hydrogens is 300 g/mol. The Morgan fingerprint density at radius 2 is 1.00 bits per heavy atom. The molecule has 0 saturated heterocycles. The highest BCUT2D eigenvalue weighted by Gasteiger charge is 2.59. The highest BCUT2D eigenvalue weighted by atomic mass is 28.4. The van der Waals surface area contributed by atoms with Gasteiger partial charge in [-0.1, -0.05) is 49.2 Å². The fourth-order valence-electron chi connectivity index (χ4n) is 3.65. The molecule has 2 aromatic rings. The molecule has 0 N–H and O–H groups in total. The van der Waals surface area contributed by atoms with Crippen molar-refractivity contribution in [3.8, 4) is 11.5 Å². The Morgan fingerprint density at radius 1 is 0.609 bits per heavy atom. The average molecular weight is 324 g/mol. The van der Waals surface area contributed by atoms with Crippen LogP contribution in [0, 0.1) is 0 Å². The van der Waals surface area contributed by atoms with Gasteiger partial charge in [-0.15, -0.1) is 0 Å². The van der Waals surface area contributed by atoms with Gasteiger partial charge >= 0.3 is 8.56 Å². The third kappa shape index (κ3) is 2.90. The zero-order valence-corrected chi connectivity index (χ0v) is 14.5. The van der Waals surface area contributed by atoms with Crippen molar-refractivity contribution in [2.45, 2.75) is 49.6 Å². The van der Waals surface area contributed by atoms with E-state index in [-0.39, 0.29) is 0 Å². The van der Waals surface area contributed by atoms with E-state index in [1.807, 2.05) is 12.1 Å². The fraction of sp³-hybridized carbons (Fsp3) is 0.400. The Balaban J connectivity index is 1.68. The third-order valence-corrected chi connectivity index (χ3v) is 9.93. The van der Waals surface area contributed by atoms with Gasteiger partial charge in [-0.3, -0.25) is 0 Å². The molecule has 0 unspecified atom stereocenters. The lowest BCUT2D eigenvalue weighted by Gasteiger charge is -2.48. The molecule has 0 atom stereocenters. The van der Waals surface area contributed by atoms with Gasteiger partial charge in [-0.05, 0) is 49.9 Å². The average Bonchev–Trinajstić information content (AvgIpc) is 2.45. The van der Waals surface area contributed by atoms with Crippen molar-refractivity contribution < 1.29 is 8.85 Å². The Hall–Kier alpha value is -1.74. The number of hydrogen-bond donors (Lipinski definition) is 0. The van der Waals surface area contributed by atoms with E-state index < -0.39 is 8.56 Å². The predicted molar refractivity (Wildman–Crippen MR) is 95.1 cm³/mol. The maximum Gasteiger partial charge on any atom is 0.466 e. The monoisotopic (exact) mass is 324 g/mol. The lowest BCUT2D eigenvalue weighted by molar-refractivity contribution is 0.267. The van der Waals surface area contributed by atoms with Crippen LogP contribution in [0.4, 0.5) is 0 Å². The SMILES string of the molecule is c1ccc(O[Si](Oc2ccccc2)(C2CCC2)C2CCC2)cc1. The molecular formula is C20H24O2Si. The van der Waals surface area contributed by atoms with Crippen LogP contribution in [0.15, 0.2) is 60.7 Å². The van der Waals surface area contributed by atoms with Crippen LogP contribution >= 0.6 is 0 Å². The van der Waals surface area contributed by atoms with Crippen LogP contribution in [0.5, 0.6) is 11.5 Å². The first-order valence-corrected chi connectivity index (χ1v) is 10.8. The van der Waals surface area contributed by atoms with Crippen LogP contribution in [0.25, 0.3) is 0 Å². The Kier molecular flexibility index (Phi) is 4.13. The fourth-order valence-corrected chi connectivity index (χ4v) is 8.46. The number of benzene rings is 2. The van der Waals surface area contributed by atoms with Crippen molar-refractivity contribution in [2.75, 3.05) is 0 Å². The largest absolute Gasteiger partial charge is 0.512 e. The Labute approximate surface area is 139 Å². The third-order valence-electron chi connectivity index (χ3n) is 5.39. The van der Waals surface area contributed by atoms with Crippen LogP contribution in [-0.4, -0.2) is 8.56 Å². The summed E-state index contributed by atoms with van der Waals surface area (Å²) in [5, 5.41) is 0. The van der Waals surface area contributed by atoms with Gasteiger partial charge in [0.05, 0.1) is 0 Å². The molecule has 0 amide bonds. The molecule has 0 aliphatic heterocycles. The lowest BCUT2D eigenvalue weighted by Crippen LogP contribution is -2.60. The summed E-state index contributed by atoms with van der Waals surface area (Å²) in [6.07, 6.45) is 7.71. The molecule has 2 aliphatic rings. The molecule has 2 nitrogen and oxygen atoms in total. The van der Waals surface area contributed by atoms with Gasteiger partial charge < -0.3 is 8.85 Å². The maximum atomic E-state index is 6.73. The first-order valence-electron chi connectivity index (χ1n) is 8.85. The van der Waals surface area contributed by atoms with Gasteiger partial charge in [0, 0.05) is 11.1 Å². The van der Waals surface area contributed by atoms with E-state index in [9.17, 15) is 0 Å². The minimum atomic E-state index is -2.31. The van der Waals surface area contributed by atoms with E-state index in [1.165, 1.54) is 38.5 Å². The van der Waals surface area contributed by atoms with E-state index in [4.69, 9.17) is 8.85 Å². The molecule has 0 radical (unpaired) electrons. The molecule has 0 aromatic heterocycles. The van der Waals surface area contributed by atoms with E-state index in [1.54, 1.807) is 0 Å². The van der Waals surface area contributed by atoms with E-state index in [2.05, 4.69) is 48.5 Å². The van der Waals surface area contributed by atoms with Gasteiger partial charge in [0.15, 0.2) is 0 Å². The second kappa shape index (κ2) is 6.40. The standard InChI is InChI=1S/C20H24O2Si/c1-3-9-17(10-4-1)21-23(19-13-7-14-19,20-15-8-16-20)22-18-11-5-2-6-12-18/h1-6,9-12,19-20H,7-8,13-16H2. The molecule has 2 fully saturated rings. The number of para-hydroxylation sites is 2. The van der Waals surface area contributed by atoms with Crippen molar-refractivity contribution in [2.24, 2.45) is 0 Å². The van der Waals surface area contributed by atoms with Gasteiger partial charge in [-0.25, -0.2) is 0 Å². The second-order valence-corrected chi connectivity index (χ2v) is 10.3. The van der Waals surface area contributed by atoms with Crippen LogP contribution in [0.3, 0.4) is 0 Å². The Bertz CT molecular complexity index is 563. The molecule has 3 heteroatoms. The topological polar surface area (TPSA) is 18.5 Å². The van der Waals surface area contributed by atoms with E-state index in [0.717, 1.165) is 11.5 Å². The quantitative estimate of drug-likeness (QED) is 0.635. The zero-order valence-electron chi connectivity index (χ0n) is 13.5. The summed E-state index contributed by atoms with van der Waals surface area (Å²) in [5.41, 5.74) is 1.27. The number of hydrogen-bond acceptors (Lipinski definition) is 2. The minimum Gasteiger partial charge on any atom is -0.512 e. The molecule has 0 spiro atoms. The van der Waals surface area contributed by atoms with Crippen molar-refractivity contribution >= 4 is 8.56 Å². The van der Waals surface area contributed by atoms with Crippen LogP contribution in [0.2, 0.25) is 11.1 Å². The summed E-state index contributed by atoms with van der Waals surface area (Å²) < 4.78 is 13.5. The summed E-state index contributed by atoms with van der Waals surface area (Å²) in [4.78, 5) is 0. The van der Waals surface area contributed by atoms with Crippen molar-refractivity contribution in [1.29, 1.82) is 0 Å². The van der Waals surface area contributed by atoms with E-state index >= 15 is 0 Å². The molecule has 0 heterocycles. The normalized spacial score (nSPS) is 18.8. The molecule has 2 aliphatic carbocycles. The summed E-state index contributed by atoms with van der Waals surface area (Å²) >= 11 is 0. The molecule has 0 bridgehead atoms. The van der Waals surface area contributed by atoms with Gasteiger partial charge in [0.25, 0.3) is 0 Å². The molecule has 23 heavy (non-hydrogen) atoms. The van der Waals surface area contributed by atoms with Crippen molar-refractivity contribution in [3.05, 3.63) is 60.7 Å². The maximum absolute atomic E-state index is 6.73. The zero-order chi connectivity index (χ0) is 15.5. The van der Waals surface area contributed by atoms with Gasteiger partial charge in [-0.2, -0.15) is 0 Å². The van der Waals surface area contributed by atoms with Crippen LogP contribution in [-0.2, 0) is 0 Å². The Morgan fingerprint density at radius 3 is 1.30 bits per heavy atom. The van der Waals surface area contributed by atoms with Crippen molar-refractivity contribution in [1.82, 2.24) is 0 Å². The molecule has 4 rings (SSSR count). The number of rotatable bonds is 6. The smallest absolute Gasteiger partial charge is 0.466 e. The summed E-state index contributed by atoms with van der Waals surface area (Å²) in [5.74, 6) is 1.96. The summed E-state index contributed by atoms with van der Waals surface area (Å²) in [6, 6.07) is 20.6. The lowest BCUT2D eigenvalue weighted by atomic mass is 9.98. The van der Waals surface area contributed by atoms with Gasteiger partial charge in [0.2, 0.25) is 0 Å². The highest BCUT2D eigenvalue weighted by molar-refractivity contribution is 6.72. The van der Waals surface area contributed by atoms with Crippen LogP contribution in [0.1, 0.15) is 38.5 Å². The first kappa shape index (κ1) is 14.8. The molecule has 2 aromatic carbocycles. The molecule has 120 valence electrons. The highest BCUT2D eigenvalue weighted by Crippen LogP contribution is 2.53. The van der Waals surface area contributed by atoms with Crippen molar-refractivity contribution in [3.63, 3.8) is 0 Å². The molecule has 2 saturated carbocycles. The van der Waals surface area contributed by atoms with Gasteiger partial charge in [0.1, 0.15) is 11.5 Å². The predicted octanol–water partition coefficient (Wildman–Crippen LogP) is 5.69. The summed E-state index contributed by atoms with van der Waals surface area (Å²) in [7, 11) is -2.31. The van der Waals surface area contributed by atoms with Crippen LogP contribution < -0.4 is 8.85 Å². The van der Waals surface area contributed by atoms with E-state index in [0.29, 0.717) is 11.1 Å². The minimum absolute atomic E-state index is 0.633.